The van der Waals surface area contributed by atoms with Crippen molar-refractivity contribution in [2.24, 2.45) is 17.2 Å². The molecule has 0 saturated carbocycles. The van der Waals surface area contributed by atoms with E-state index in [9.17, 15) is 0 Å². The zero-order valence-corrected chi connectivity index (χ0v) is 10.4. The van der Waals surface area contributed by atoms with Gasteiger partial charge in [-0.1, -0.05) is 25.7 Å². The molecule has 0 aliphatic heterocycles. The minimum absolute atomic E-state index is 0.313. The highest BCUT2D eigenvalue weighted by Gasteiger charge is 2.03. The van der Waals surface area contributed by atoms with E-state index in [1.165, 1.54) is 19.3 Å². The second-order valence-electron chi connectivity index (χ2n) is 4.60. The van der Waals surface area contributed by atoms with Gasteiger partial charge in [0.15, 0.2) is 0 Å². The van der Waals surface area contributed by atoms with Crippen LogP contribution in [0, 0.1) is 0 Å². The average Bonchev–Trinajstić information content (AvgIpc) is 2.24. The van der Waals surface area contributed by atoms with Gasteiger partial charge in [-0.25, -0.2) is 0 Å². The van der Waals surface area contributed by atoms with Crippen LogP contribution in [0.3, 0.4) is 0 Å². The molecule has 0 aromatic rings. The first-order valence-corrected chi connectivity index (χ1v) is 6.56. The lowest BCUT2D eigenvalue weighted by atomic mass is 10.0. The molecule has 0 aliphatic carbocycles. The van der Waals surface area contributed by atoms with E-state index in [1.54, 1.807) is 0 Å². The van der Waals surface area contributed by atoms with Crippen molar-refractivity contribution in [2.75, 3.05) is 6.54 Å². The van der Waals surface area contributed by atoms with Crippen molar-refractivity contribution in [3.8, 4) is 0 Å². The molecule has 4 heteroatoms. The fraction of sp³-hybridized carbons (Fsp3) is 1.00. The Bertz CT molecular complexity index is 142. The van der Waals surface area contributed by atoms with Crippen molar-refractivity contribution in [3.05, 3.63) is 0 Å². The van der Waals surface area contributed by atoms with Crippen LogP contribution >= 0.6 is 0 Å². The zero-order chi connectivity index (χ0) is 12.2. The molecule has 0 spiro atoms. The number of unbranched alkanes of at least 4 members (excludes halogenated alkanes) is 4. The highest BCUT2D eigenvalue weighted by atomic mass is 16.3. The largest absolute Gasteiger partial charge is 0.379 e. The molecule has 0 radical (unpaired) electrons. The Morgan fingerprint density at radius 3 is 1.81 bits per heavy atom. The monoisotopic (exact) mass is 231 g/mol. The first-order chi connectivity index (χ1) is 7.66. The molecule has 2 atom stereocenters. The maximum Gasteiger partial charge on any atom is 0.102 e. The van der Waals surface area contributed by atoms with Gasteiger partial charge in [-0.05, 0) is 38.6 Å². The maximum absolute atomic E-state index is 8.88. The molecular weight excluding hydrogens is 202 g/mol. The number of hydrogen-bond acceptors (Lipinski definition) is 4. The van der Waals surface area contributed by atoms with Gasteiger partial charge in [0.2, 0.25) is 0 Å². The summed E-state index contributed by atoms with van der Waals surface area (Å²) in [5, 5.41) is 8.88. The molecule has 16 heavy (non-hydrogen) atoms. The quantitative estimate of drug-likeness (QED) is 0.316. The Labute approximate surface area is 99.6 Å². The summed E-state index contributed by atoms with van der Waals surface area (Å²) >= 11 is 0. The van der Waals surface area contributed by atoms with Crippen LogP contribution in [-0.4, -0.2) is 23.9 Å². The summed E-state index contributed by atoms with van der Waals surface area (Å²) in [5.41, 5.74) is 16.7. The minimum Gasteiger partial charge on any atom is -0.379 e. The molecule has 0 rings (SSSR count). The SMILES string of the molecule is NCCCCCCC(N)CCCCC(N)O. The van der Waals surface area contributed by atoms with Crippen LogP contribution in [-0.2, 0) is 0 Å². The topological polar surface area (TPSA) is 98.3 Å². The fourth-order valence-electron chi connectivity index (χ4n) is 1.81. The molecular formula is C12H29N3O. The third kappa shape index (κ3) is 11.9. The molecule has 0 aromatic heterocycles. The molecule has 0 fully saturated rings. The lowest BCUT2D eigenvalue weighted by Gasteiger charge is -2.11. The summed E-state index contributed by atoms with van der Waals surface area (Å²) in [6.07, 6.45) is 9.02. The first kappa shape index (κ1) is 15.8. The zero-order valence-electron chi connectivity index (χ0n) is 10.4. The summed E-state index contributed by atoms with van der Waals surface area (Å²) in [7, 11) is 0. The normalized spacial score (nSPS) is 15.0. The smallest absolute Gasteiger partial charge is 0.102 e. The molecule has 0 aliphatic rings. The molecule has 0 aromatic carbocycles. The lowest BCUT2D eigenvalue weighted by Crippen LogP contribution is -2.21. The Hall–Kier alpha value is -0.160. The van der Waals surface area contributed by atoms with E-state index < -0.39 is 6.23 Å². The van der Waals surface area contributed by atoms with E-state index in [4.69, 9.17) is 22.3 Å². The second-order valence-corrected chi connectivity index (χ2v) is 4.60. The van der Waals surface area contributed by atoms with Crippen molar-refractivity contribution in [2.45, 2.75) is 70.1 Å². The Morgan fingerprint density at radius 2 is 1.25 bits per heavy atom. The summed E-state index contributed by atoms with van der Waals surface area (Å²) in [5.74, 6) is 0. The van der Waals surface area contributed by atoms with E-state index in [2.05, 4.69) is 0 Å². The molecule has 98 valence electrons. The van der Waals surface area contributed by atoms with Crippen molar-refractivity contribution in [1.82, 2.24) is 0 Å². The Balaban J connectivity index is 3.15. The van der Waals surface area contributed by atoms with Gasteiger partial charge >= 0.3 is 0 Å². The molecule has 4 nitrogen and oxygen atoms in total. The van der Waals surface area contributed by atoms with Crippen molar-refractivity contribution < 1.29 is 5.11 Å². The molecule has 0 amide bonds. The minimum atomic E-state index is -0.660. The fourth-order valence-corrected chi connectivity index (χ4v) is 1.81. The summed E-state index contributed by atoms with van der Waals surface area (Å²) in [4.78, 5) is 0. The third-order valence-electron chi connectivity index (χ3n) is 2.85. The summed E-state index contributed by atoms with van der Waals surface area (Å²) < 4.78 is 0. The van der Waals surface area contributed by atoms with E-state index in [-0.39, 0.29) is 0 Å². The van der Waals surface area contributed by atoms with Gasteiger partial charge in [-0.15, -0.1) is 0 Å². The van der Waals surface area contributed by atoms with Gasteiger partial charge in [0.25, 0.3) is 0 Å². The van der Waals surface area contributed by atoms with Crippen LogP contribution < -0.4 is 17.2 Å². The molecule has 0 bridgehead atoms. The number of nitrogens with two attached hydrogens (primary N) is 3. The van der Waals surface area contributed by atoms with E-state index >= 15 is 0 Å². The van der Waals surface area contributed by atoms with Crippen LogP contribution in [0.15, 0.2) is 0 Å². The van der Waals surface area contributed by atoms with Crippen molar-refractivity contribution in [3.63, 3.8) is 0 Å². The van der Waals surface area contributed by atoms with Gasteiger partial charge in [-0.3, -0.25) is 0 Å². The number of hydrogen-bond donors (Lipinski definition) is 4. The number of aliphatic hydroxyl groups excluding tert-OH is 1. The van der Waals surface area contributed by atoms with Gasteiger partial charge in [0.1, 0.15) is 6.23 Å². The predicted molar refractivity (Wildman–Crippen MR) is 68.8 cm³/mol. The van der Waals surface area contributed by atoms with E-state index in [0.29, 0.717) is 12.5 Å². The standard InChI is InChI=1S/C12H29N3O/c13-10-6-2-1-3-7-11(14)8-4-5-9-12(15)16/h11-12,16H,1-10,13-15H2. The van der Waals surface area contributed by atoms with Crippen molar-refractivity contribution >= 4 is 0 Å². The highest BCUT2D eigenvalue weighted by molar-refractivity contribution is 4.62. The van der Waals surface area contributed by atoms with Gasteiger partial charge in [-0.2, -0.15) is 0 Å². The van der Waals surface area contributed by atoms with Crippen LogP contribution in [0.2, 0.25) is 0 Å². The Morgan fingerprint density at radius 1 is 0.750 bits per heavy atom. The lowest BCUT2D eigenvalue weighted by molar-refractivity contribution is 0.168. The highest BCUT2D eigenvalue weighted by Crippen LogP contribution is 2.10. The van der Waals surface area contributed by atoms with Crippen LogP contribution in [0.4, 0.5) is 0 Å². The van der Waals surface area contributed by atoms with Crippen LogP contribution in [0.5, 0.6) is 0 Å². The maximum atomic E-state index is 8.88. The third-order valence-corrected chi connectivity index (χ3v) is 2.85. The predicted octanol–water partition coefficient (Wildman–Crippen LogP) is 1.06. The second kappa shape index (κ2) is 11.3. The van der Waals surface area contributed by atoms with Crippen LogP contribution in [0.1, 0.15) is 57.8 Å². The van der Waals surface area contributed by atoms with Gasteiger partial charge in [0.05, 0.1) is 0 Å². The molecule has 0 heterocycles. The average molecular weight is 231 g/mol. The van der Waals surface area contributed by atoms with E-state index in [1.807, 2.05) is 0 Å². The van der Waals surface area contributed by atoms with Crippen LogP contribution in [0.25, 0.3) is 0 Å². The molecule has 0 saturated heterocycles. The van der Waals surface area contributed by atoms with Crippen molar-refractivity contribution in [1.29, 1.82) is 0 Å². The number of rotatable bonds is 11. The van der Waals surface area contributed by atoms with E-state index in [0.717, 1.165) is 38.6 Å². The summed E-state index contributed by atoms with van der Waals surface area (Å²) in [6.45, 7) is 0.799. The molecule has 2 unspecified atom stereocenters. The Kier molecular flexibility index (Phi) is 11.2. The molecule has 7 N–H and O–H groups in total. The number of aliphatic hydroxyl groups is 1. The summed E-state index contributed by atoms with van der Waals surface area (Å²) in [6, 6.07) is 0.313. The van der Waals surface area contributed by atoms with Gasteiger partial charge < -0.3 is 22.3 Å². The van der Waals surface area contributed by atoms with Gasteiger partial charge in [0, 0.05) is 6.04 Å². The first-order valence-electron chi connectivity index (χ1n) is 6.56.